The van der Waals surface area contributed by atoms with Crippen LogP contribution in [0.3, 0.4) is 0 Å². The summed E-state index contributed by atoms with van der Waals surface area (Å²) in [6.07, 6.45) is 0.709. The van der Waals surface area contributed by atoms with Crippen LogP contribution in [-0.4, -0.2) is 40.0 Å². The molecular formula is C20H19N3O3. The Hall–Kier alpha value is -3.20. The standard InChI is InChI=1S/C20H19N3O3/c1-14-15(13-21)7-8-17(22-14)18(24)23-11-9-20(10-12-23,19(25)26)16-5-3-2-4-6-16/h2-8H,9-12H2,1H3,(H,25,26). The van der Waals surface area contributed by atoms with E-state index < -0.39 is 11.4 Å². The smallest absolute Gasteiger partial charge is 0.314 e. The Morgan fingerprint density at radius 3 is 2.35 bits per heavy atom. The van der Waals surface area contributed by atoms with Crippen molar-refractivity contribution in [1.82, 2.24) is 9.88 Å². The fraction of sp³-hybridized carbons (Fsp3) is 0.300. The van der Waals surface area contributed by atoms with E-state index in [9.17, 15) is 14.7 Å². The number of aryl methyl sites for hydroxylation is 1. The average Bonchev–Trinajstić information content (AvgIpc) is 2.68. The van der Waals surface area contributed by atoms with Gasteiger partial charge in [-0.05, 0) is 37.5 Å². The number of carboxylic acids is 1. The molecule has 1 aromatic heterocycles. The van der Waals surface area contributed by atoms with E-state index in [1.807, 2.05) is 36.4 Å². The number of aromatic nitrogens is 1. The van der Waals surface area contributed by atoms with E-state index in [2.05, 4.69) is 4.98 Å². The number of carbonyl (C=O) groups is 2. The fourth-order valence-electron chi connectivity index (χ4n) is 3.44. The van der Waals surface area contributed by atoms with Crippen molar-refractivity contribution in [2.24, 2.45) is 0 Å². The molecular weight excluding hydrogens is 330 g/mol. The van der Waals surface area contributed by atoms with Crippen LogP contribution >= 0.6 is 0 Å². The molecule has 1 aromatic carbocycles. The van der Waals surface area contributed by atoms with Gasteiger partial charge in [0.1, 0.15) is 11.8 Å². The number of piperidine rings is 1. The molecule has 2 aromatic rings. The first kappa shape index (κ1) is 17.6. The summed E-state index contributed by atoms with van der Waals surface area (Å²) in [6, 6.07) is 14.4. The van der Waals surface area contributed by atoms with Crippen molar-refractivity contribution in [3.05, 3.63) is 65.0 Å². The first-order valence-electron chi connectivity index (χ1n) is 8.44. The van der Waals surface area contributed by atoms with Gasteiger partial charge in [-0.3, -0.25) is 9.59 Å². The zero-order chi connectivity index (χ0) is 18.7. The Labute approximate surface area is 151 Å². The molecule has 0 aliphatic carbocycles. The summed E-state index contributed by atoms with van der Waals surface area (Å²) in [4.78, 5) is 30.5. The molecule has 0 radical (unpaired) electrons. The molecule has 26 heavy (non-hydrogen) atoms. The normalized spacial score (nSPS) is 15.9. The summed E-state index contributed by atoms with van der Waals surface area (Å²) in [5, 5.41) is 18.8. The number of nitriles is 1. The maximum Gasteiger partial charge on any atom is 0.314 e. The molecule has 2 heterocycles. The van der Waals surface area contributed by atoms with Crippen LogP contribution in [0.5, 0.6) is 0 Å². The fourth-order valence-corrected chi connectivity index (χ4v) is 3.44. The molecule has 0 saturated carbocycles. The molecule has 1 aliphatic heterocycles. The highest BCUT2D eigenvalue weighted by molar-refractivity contribution is 5.93. The summed E-state index contributed by atoms with van der Waals surface area (Å²) >= 11 is 0. The highest BCUT2D eigenvalue weighted by atomic mass is 16.4. The van der Waals surface area contributed by atoms with Crippen LogP contribution in [0.1, 0.15) is 40.2 Å². The lowest BCUT2D eigenvalue weighted by Gasteiger charge is -2.39. The van der Waals surface area contributed by atoms with Gasteiger partial charge in [-0.2, -0.15) is 5.26 Å². The molecule has 1 saturated heterocycles. The molecule has 6 heteroatoms. The summed E-state index contributed by atoms with van der Waals surface area (Å²) in [5.41, 5.74) is 1.04. The van der Waals surface area contributed by atoms with Crippen LogP contribution in [-0.2, 0) is 10.2 Å². The monoisotopic (exact) mass is 349 g/mol. The third-order valence-corrected chi connectivity index (χ3v) is 5.07. The lowest BCUT2D eigenvalue weighted by molar-refractivity contribution is -0.145. The highest BCUT2D eigenvalue weighted by Crippen LogP contribution is 2.36. The molecule has 0 atom stereocenters. The molecule has 1 amide bonds. The molecule has 1 fully saturated rings. The number of aliphatic carboxylic acids is 1. The molecule has 0 spiro atoms. The van der Waals surface area contributed by atoms with Crippen molar-refractivity contribution in [3.63, 3.8) is 0 Å². The van der Waals surface area contributed by atoms with Crippen molar-refractivity contribution in [3.8, 4) is 6.07 Å². The van der Waals surface area contributed by atoms with E-state index in [-0.39, 0.29) is 11.6 Å². The van der Waals surface area contributed by atoms with E-state index in [4.69, 9.17) is 5.26 Å². The number of rotatable bonds is 3. The van der Waals surface area contributed by atoms with Gasteiger partial charge in [0.2, 0.25) is 0 Å². The van der Waals surface area contributed by atoms with Crippen molar-refractivity contribution in [2.75, 3.05) is 13.1 Å². The van der Waals surface area contributed by atoms with Gasteiger partial charge in [-0.25, -0.2) is 4.98 Å². The first-order valence-corrected chi connectivity index (χ1v) is 8.44. The number of nitrogens with zero attached hydrogens (tertiary/aromatic N) is 3. The number of carboxylic acid groups (broad SMARTS) is 1. The van der Waals surface area contributed by atoms with Gasteiger partial charge in [0.05, 0.1) is 16.7 Å². The Balaban J connectivity index is 1.79. The van der Waals surface area contributed by atoms with Gasteiger partial charge in [-0.15, -0.1) is 0 Å². The van der Waals surface area contributed by atoms with Crippen LogP contribution in [0.25, 0.3) is 0 Å². The summed E-state index contributed by atoms with van der Waals surface area (Å²) < 4.78 is 0. The summed E-state index contributed by atoms with van der Waals surface area (Å²) in [7, 11) is 0. The Bertz CT molecular complexity index is 879. The third-order valence-electron chi connectivity index (χ3n) is 5.07. The number of amides is 1. The Morgan fingerprint density at radius 1 is 1.15 bits per heavy atom. The van der Waals surface area contributed by atoms with Crippen LogP contribution < -0.4 is 0 Å². The lowest BCUT2D eigenvalue weighted by atomic mass is 9.73. The topological polar surface area (TPSA) is 94.3 Å². The third kappa shape index (κ3) is 3.04. The zero-order valence-electron chi connectivity index (χ0n) is 14.5. The molecule has 132 valence electrons. The maximum atomic E-state index is 12.7. The number of benzene rings is 1. The Morgan fingerprint density at radius 2 is 1.81 bits per heavy atom. The van der Waals surface area contributed by atoms with Crippen LogP contribution in [0.15, 0.2) is 42.5 Å². The van der Waals surface area contributed by atoms with Crippen molar-refractivity contribution < 1.29 is 14.7 Å². The number of likely N-dealkylation sites (tertiary alicyclic amines) is 1. The van der Waals surface area contributed by atoms with Crippen molar-refractivity contribution >= 4 is 11.9 Å². The molecule has 1 aliphatic rings. The molecule has 0 bridgehead atoms. The SMILES string of the molecule is Cc1nc(C(=O)N2CCC(C(=O)O)(c3ccccc3)CC2)ccc1C#N. The predicted molar refractivity (Wildman–Crippen MR) is 94.6 cm³/mol. The van der Waals surface area contributed by atoms with E-state index in [1.54, 1.807) is 24.0 Å². The van der Waals surface area contributed by atoms with E-state index in [0.29, 0.717) is 37.2 Å². The minimum absolute atomic E-state index is 0.232. The Kier molecular flexibility index (Phi) is 4.72. The number of hydrogen-bond donors (Lipinski definition) is 1. The van der Waals surface area contributed by atoms with Gasteiger partial charge in [0, 0.05) is 13.1 Å². The predicted octanol–water partition coefficient (Wildman–Crippen LogP) is 2.52. The zero-order valence-corrected chi connectivity index (χ0v) is 14.5. The van der Waals surface area contributed by atoms with E-state index in [1.165, 1.54) is 0 Å². The largest absolute Gasteiger partial charge is 0.481 e. The average molecular weight is 349 g/mol. The van der Waals surface area contributed by atoms with Gasteiger partial charge >= 0.3 is 5.97 Å². The maximum absolute atomic E-state index is 12.7. The highest BCUT2D eigenvalue weighted by Gasteiger charge is 2.44. The number of pyridine rings is 1. The molecule has 1 N–H and O–H groups in total. The first-order chi connectivity index (χ1) is 12.5. The molecule has 3 rings (SSSR count). The van der Waals surface area contributed by atoms with Gasteiger partial charge in [0.15, 0.2) is 0 Å². The van der Waals surface area contributed by atoms with Crippen LogP contribution in [0.2, 0.25) is 0 Å². The summed E-state index contributed by atoms with van der Waals surface area (Å²) in [5.74, 6) is -1.09. The second-order valence-electron chi connectivity index (χ2n) is 6.49. The number of hydrogen-bond acceptors (Lipinski definition) is 4. The molecule has 0 unspecified atom stereocenters. The van der Waals surface area contributed by atoms with Crippen LogP contribution in [0.4, 0.5) is 0 Å². The van der Waals surface area contributed by atoms with Gasteiger partial charge < -0.3 is 10.0 Å². The quantitative estimate of drug-likeness (QED) is 0.919. The summed E-state index contributed by atoms with van der Waals surface area (Å²) in [6.45, 7) is 2.39. The van der Waals surface area contributed by atoms with Gasteiger partial charge in [0.25, 0.3) is 5.91 Å². The van der Waals surface area contributed by atoms with Crippen LogP contribution in [0, 0.1) is 18.3 Å². The number of carbonyl (C=O) groups excluding carboxylic acids is 1. The minimum atomic E-state index is -0.966. The second-order valence-corrected chi connectivity index (χ2v) is 6.49. The minimum Gasteiger partial charge on any atom is -0.481 e. The molecule has 6 nitrogen and oxygen atoms in total. The van der Waals surface area contributed by atoms with E-state index >= 15 is 0 Å². The lowest BCUT2D eigenvalue weighted by Crippen LogP contribution is -2.49. The van der Waals surface area contributed by atoms with Crippen molar-refractivity contribution in [1.29, 1.82) is 5.26 Å². The van der Waals surface area contributed by atoms with Gasteiger partial charge in [-0.1, -0.05) is 30.3 Å². The van der Waals surface area contributed by atoms with E-state index in [0.717, 1.165) is 5.56 Å². The second kappa shape index (κ2) is 6.96. The van der Waals surface area contributed by atoms with Crippen molar-refractivity contribution in [2.45, 2.75) is 25.2 Å².